The maximum Gasteiger partial charge on any atom is 0.416 e. The third-order valence-electron chi connectivity index (χ3n) is 4.89. The summed E-state index contributed by atoms with van der Waals surface area (Å²) in [5, 5.41) is 9.93. The molecule has 3 heterocycles. The minimum absolute atomic E-state index is 0.0273. The zero-order valence-corrected chi connectivity index (χ0v) is 17.7. The van der Waals surface area contributed by atoms with E-state index in [9.17, 15) is 21.6 Å². The summed E-state index contributed by atoms with van der Waals surface area (Å²) >= 11 is 0. The van der Waals surface area contributed by atoms with Crippen molar-refractivity contribution in [3.63, 3.8) is 0 Å². The average molecular weight is 467 g/mol. The second kappa shape index (κ2) is 8.52. The van der Waals surface area contributed by atoms with Crippen LogP contribution in [0.2, 0.25) is 0 Å². The molecule has 1 atom stereocenters. The number of ether oxygens (including phenoxy) is 1. The number of aromatic amines is 1. The number of hydrogen-bond donors (Lipinski definition) is 2. The lowest BCUT2D eigenvalue weighted by atomic mass is 10.2. The van der Waals surface area contributed by atoms with Crippen LogP contribution in [0.5, 0.6) is 0 Å². The van der Waals surface area contributed by atoms with Gasteiger partial charge >= 0.3 is 6.18 Å². The summed E-state index contributed by atoms with van der Waals surface area (Å²) in [7, 11) is -4.15. The largest absolute Gasteiger partial charge is 0.416 e. The molecule has 0 bridgehead atoms. The number of sulfonamides is 1. The van der Waals surface area contributed by atoms with Gasteiger partial charge < -0.3 is 10.1 Å². The number of halogens is 3. The minimum atomic E-state index is -4.64. The van der Waals surface area contributed by atoms with Gasteiger partial charge in [-0.25, -0.2) is 13.4 Å². The van der Waals surface area contributed by atoms with Crippen LogP contribution in [-0.4, -0.2) is 47.6 Å². The first-order valence-electron chi connectivity index (χ1n) is 9.68. The van der Waals surface area contributed by atoms with Crippen molar-refractivity contribution in [2.45, 2.75) is 24.1 Å². The Morgan fingerprint density at radius 2 is 1.94 bits per heavy atom. The molecule has 1 aromatic carbocycles. The first-order chi connectivity index (χ1) is 15.1. The molecule has 32 heavy (non-hydrogen) atoms. The van der Waals surface area contributed by atoms with Gasteiger partial charge in [-0.05, 0) is 37.3 Å². The fourth-order valence-electron chi connectivity index (χ4n) is 3.32. The molecular formula is C20H20F3N5O3S. The Bertz CT molecular complexity index is 1210. The van der Waals surface area contributed by atoms with Crippen molar-refractivity contribution >= 4 is 21.7 Å². The highest BCUT2D eigenvalue weighted by Crippen LogP contribution is 2.32. The van der Waals surface area contributed by atoms with Crippen LogP contribution in [0.1, 0.15) is 23.1 Å². The number of benzene rings is 1. The Kier molecular flexibility index (Phi) is 5.93. The number of anilines is 2. The summed E-state index contributed by atoms with van der Waals surface area (Å²) in [5.41, 5.74) is 0.346. The van der Waals surface area contributed by atoms with Crippen molar-refractivity contribution in [3.05, 3.63) is 65.5 Å². The lowest BCUT2D eigenvalue weighted by Gasteiger charge is -2.32. The molecule has 0 unspecified atom stereocenters. The van der Waals surface area contributed by atoms with Gasteiger partial charge in [-0.3, -0.25) is 5.10 Å². The Morgan fingerprint density at radius 1 is 1.16 bits per heavy atom. The van der Waals surface area contributed by atoms with Crippen LogP contribution < -0.4 is 5.32 Å². The Hall–Kier alpha value is -2.96. The molecule has 0 spiro atoms. The number of nitrogens with one attached hydrogen (secondary N) is 2. The standard InChI is InChI=1S/C20H20F3N5O3S/c1-13-10-19(27-26-13)25-18-7-3-6-16(24-18)17-12-28(8-9-31-17)32(29,30)15-5-2-4-14(11-15)20(21,22)23/h2-7,10-11,17H,8-9,12H2,1H3,(H2,24,25,26,27)/t17-/m0/s1. The van der Waals surface area contributed by atoms with Gasteiger partial charge in [0.25, 0.3) is 0 Å². The van der Waals surface area contributed by atoms with E-state index in [0.29, 0.717) is 23.4 Å². The fraction of sp³-hybridized carbons (Fsp3) is 0.300. The summed E-state index contributed by atoms with van der Waals surface area (Å²) in [5.74, 6) is 1.07. The van der Waals surface area contributed by atoms with Gasteiger partial charge in [0.05, 0.1) is 22.8 Å². The van der Waals surface area contributed by atoms with Crippen LogP contribution in [0.4, 0.5) is 24.8 Å². The summed E-state index contributed by atoms with van der Waals surface area (Å²) in [6, 6.07) is 10.7. The third kappa shape index (κ3) is 4.76. The molecule has 0 amide bonds. The van der Waals surface area contributed by atoms with Crippen molar-refractivity contribution < 1.29 is 26.3 Å². The fourth-order valence-corrected chi connectivity index (χ4v) is 4.79. The number of morpholine rings is 1. The summed E-state index contributed by atoms with van der Waals surface area (Å²) in [4.78, 5) is 4.06. The van der Waals surface area contributed by atoms with Crippen LogP contribution in [0.25, 0.3) is 0 Å². The highest BCUT2D eigenvalue weighted by Gasteiger charge is 2.35. The molecule has 1 saturated heterocycles. The van der Waals surface area contributed by atoms with Crippen LogP contribution in [-0.2, 0) is 20.9 Å². The van der Waals surface area contributed by atoms with E-state index in [1.807, 2.05) is 6.92 Å². The SMILES string of the molecule is Cc1cc(Nc2cccc([C@@H]3CN(S(=O)(=O)c4cccc(C(F)(F)F)c4)CCO3)n2)n[nH]1. The second-order valence-electron chi connectivity index (χ2n) is 7.26. The summed E-state index contributed by atoms with van der Waals surface area (Å²) in [6.07, 6.45) is -5.31. The van der Waals surface area contributed by atoms with E-state index in [1.54, 1.807) is 24.3 Å². The van der Waals surface area contributed by atoms with Crippen molar-refractivity contribution in [3.8, 4) is 0 Å². The zero-order chi connectivity index (χ0) is 22.9. The highest BCUT2D eigenvalue weighted by atomic mass is 32.2. The smallest absolute Gasteiger partial charge is 0.369 e. The molecule has 12 heteroatoms. The topological polar surface area (TPSA) is 100 Å². The predicted octanol–water partition coefficient (Wildman–Crippen LogP) is 3.64. The number of rotatable bonds is 5. The molecule has 1 aliphatic heterocycles. The number of aromatic nitrogens is 3. The van der Waals surface area contributed by atoms with Gasteiger partial charge in [-0.1, -0.05) is 12.1 Å². The van der Waals surface area contributed by atoms with Crippen molar-refractivity contribution in [2.24, 2.45) is 0 Å². The highest BCUT2D eigenvalue weighted by molar-refractivity contribution is 7.89. The molecule has 170 valence electrons. The number of alkyl halides is 3. The van der Waals surface area contributed by atoms with Crippen LogP contribution in [0.3, 0.4) is 0 Å². The monoisotopic (exact) mass is 467 g/mol. The minimum Gasteiger partial charge on any atom is -0.369 e. The number of H-pyrrole nitrogens is 1. The molecule has 0 radical (unpaired) electrons. The Morgan fingerprint density at radius 3 is 2.66 bits per heavy atom. The molecule has 3 aromatic rings. The molecule has 2 N–H and O–H groups in total. The van der Waals surface area contributed by atoms with E-state index in [4.69, 9.17) is 4.74 Å². The van der Waals surface area contributed by atoms with Gasteiger partial charge in [-0.2, -0.15) is 22.6 Å². The zero-order valence-electron chi connectivity index (χ0n) is 16.9. The lowest BCUT2D eigenvalue weighted by Crippen LogP contribution is -2.42. The van der Waals surface area contributed by atoms with Crippen molar-refractivity contribution in [1.29, 1.82) is 0 Å². The quantitative estimate of drug-likeness (QED) is 0.594. The van der Waals surface area contributed by atoms with Crippen molar-refractivity contribution in [1.82, 2.24) is 19.5 Å². The molecular weight excluding hydrogens is 447 g/mol. The van der Waals surface area contributed by atoms with Gasteiger partial charge in [0, 0.05) is 24.8 Å². The van der Waals surface area contributed by atoms with E-state index in [0.717, 1.165) is 28.2 Å². The lowest BCUT2D eigenvalue weighted by molar-refractivity contribution is -0.137. The summed E-state index contributed by atoms with van der Waals surface area (Å²) < 4.78 is 71.9. The molecule has 0 saturated carbocycles. The predicted molar refractivity (Wildman–Crippen MR) is 110 cm³/mol. The van der Waals surface area contributed by atoms with E-state index < -0.39 is 32.8 Å². The molecule has 0 aliphatic carbocycles. The van der Waals surface area contributed by atoms with Gasteiger partial charge in [0.15, 0.2) is 5.82 Å². The van der Waals surface area contributed by atoms with E-state index in [2.05, 4.69) is 20.5 Å². The van der Waals surface area contributed by atoms with E-state index >= 15 is 0 Å². The first kappa shape index (κ1) is 22.2. The second-order valence-corrected chi connectivity index (χ2v) is 9.19. The van der Waals surface area contributed by atoms with Crippen LogP contribution in [0.15, 0.2) is 53.4 Å². The number of nitrogens with zero attached hydrogens (tertiary/aromatic N) is 3. The Labute approximate surface area is 182 Å². The maximum absolute atomic E-state index is 13.0. The summed E-state index contributed by atoms with van der Waals surface area (Å²) in [6.45, 7) is 1.90. The van der Waals surface area contributed by atoms with Gasteiger partial charge in [0.1, 0.15) is 11.9 Å². The molecule has 1 aliphatic rings. The van der Waals surface area contributed by atoms with Gasteiger partial charge in [0.2, 0.25) is 10.0 Å². The van der Waals surface area contributed by atoms with E-state index in [-0.39, 0.29) is 19.7 Å². The average Bonchev–Trinajstić information content (AvgIpc) is 3.18. The molecule has 1 fully saturated rings. The molecule has 4 rings (SSSR count). The molecule has 2 aromatic heterocycles. The number of hydrogen-bond acceptors (Lipinski definition) is 6. The first-order valence-corrected chi connectivity index (χ1v) is 11.1. The van der Waals surface area contributed by atoms with Crippen LogP contribution >= 0.6 is 0 Å². The van der Waals surface area contributed by atoms with Gasteiger partial charge in [-0.15, -0.1) is 0 Å². The van der Waals surface area contributed by atoms with E-state index in [1.165, 1.54) is 0 Å². The maximum atomic E-state index is 13.0. The molecule has 8 nitrogen and oxygen atoms in total. The number of pyridine rings is 1. The third-order valence-corrected chi connectivity index (χ3v) is 6.75. The van der Waals surface area contributed by atoms with Crippen molar-refractivity contribution in [2.75, 3.05) is 25.0 Å². The normalized spacial score (nSPS) is 17.9. The number of aryl methyl sites for hydroxylation is 1. The Balaban J connectivity index is 1.54. The van der Waals surface area contributed by atoms with Crippen LogP contribution in [0, 0.1) is 6.92 Å².